The van der Waals surface area contributed by atoms with Gasteiger partial charge >= 0.3 is 0 Å². The Bertz CT molecular complexity index is 588. The van der Waals surface area contributed by atoms with Crippen LogP contribution in [0.1, 0.15) is 27.7 Å². The van der Waals surface area contributed by atoms with Crippen molar-refractivity contribution in [2.75, 3.05) is 10.1 Å². The molecule has 0 radical (unpaired) electrons. The fourth-order valence-electron chi connectivity index (χ4n) is 2.14. The van der Waals surface area contributed by atoms with Crippen LogP contribution in [0.4, 0.5) is 11.4 Å². The minimum atomic E-state index is -0.0833. The van der Waals surface area contributed by atoms with Gasteiger partial charge in [0, 0.05) is 0 Å². The number of hydrogen-bond acceptors (Lipinski definition) is 5. The predicted molar refractivity (Wildman–Crippen MR) is 91.8 cm³/mol. The summed E-state index contributed by atoms with van der Waals surface area (Å²) in [5.41, 5.74) is 1.15. The van der Waals surface area contributed by atoms with Gasteiger partial charge in [0.15, 0.2) is 11.5 Å². The van der Waals surface area contributed by atoms with Crippen LogP contribution in [0.25, 0.3) is 0 Å². The number of nitrogens with zero attached hydrogens (tertiary/aromatic N) is 2. The van der Waals surface area contributed by atoms with E-state index in [2.05, 4.69) is 0 Å². The largest absolute Gasteiger partial charge is 0.453 e. The van der Waals surface area contributed by atoms with E-state index in [9.17, 15) is 10.4 Å². The van der Waals surface area contributed by atoms with Crippen molar-refractivity contribution in [1.82, 2.24) is 0 Å². The van der Waals surface area contributed by atoms with Crippen LogP contribution in [-0.4, -0.2) is 22.5 Å². The van der Waals surface area contributed by atoms with Crippen molar-refractivity contribution in [1.29, 1.82) is 0 Å². The monoisotopic (exact) mass is 316 g/mol. The molecular formula is C18H24N2O3. The predicted octanol–water partition coefficient (Wildman–Crippen LogP) is 4.69. The van der Waals surface area contributed by atoms with Crippen LogP contribution in [0.15, 0.2) is 48.5 Å². The first kappa shape index (κ1) is 17.1. The van der Waals surface area contributed by atoms with Crippen LogP contribution in [0.5, 0.6) is 11.5 Å². The normalized spacial score (nSPS) is 11.0. The third-order valence-electron chi connectivity index (χ3n) is 3.42. The Morgan fingerprint density at radius 1 is 0.696 bits per heavy atom. The van der Waals surface area contributed by atoms with Crippen molar-refractivity contribution in [3.63, 3.8) is 0 Å². The van der Waals surface area contributed by atoms with Gasteiger partial charge in [-0.25, -0.2) is 0 Å². The molecule has 0 fully saturated rings. The first-order valence-electron chi connectivity index (χ1n) is 7.74. The van der Waals surface area contributed by atoms with E-state index >= 15 is 0 Å². The lowest BCUT2D eigenvalue weighted by Gasteiger charge is -2.26. The Morgan fingerprint density at radius 2 is 1.04 bits per heavy atom. The van der Waals surface area contributed by atoms with E-state index in [1.165, 1.54) is 0 Å². The third kappa shape index (κ3) is 3.94. The molecule has 5 heteroatoms. The molecular weight excluding hydrogens is 292 g/mol. The van der Waals surface area contributed by atoms with Crippen molar-refractivity contribution in [2.45, 2.75) is 39.8 Å². The summed E-state index contributed by atoms with van der Waals surface area (Å²) < 4.78 is 5.98. The number of hydrogen-bond donors (Lipinski definition) is 2. The number of ether oxygens (including phenoxy) is 1. The van der Waals surface area contributed by atoms with Gasteiger partial charge in [-0.05, 0) is 52.0 Å². The molecule has 0 aliphatic heterocycles. The lowest BCUT2D eigenvalue weighted by Crippen LogP contribution is -2.27. The van der Waals surface area contributed by atoms with Crippen LogP contribution in [-0.2, 0) is 0 Å². The van der Waals surface area contributed by atoms with E-state index in [1.54, 1.807) is 24.3 Å². The molecule has 0 atom stereocenters. The van der Waals surface area contributed by atoms with Crippen molar-refractivity contribution in [3.05, 3.63) is 48.5 Å². The molecule has 2 aromatic rings. The lowest BCUT2D eigenvalue weighted by molar-refractivity contribution is 0.223. The Kier molecular flexibility index (Phi) is 5.47. The Labute approximate surface area is 137 Å². The van der Waals surface area contributed by atoms with Crippen molar-refractivity contribution in [3.8, 4) is 11.5 Å². The van der Waals surface area contributed by atoms with E-state index < -0.39 is 0 Å². The highest BCUT2D eigenvalue weighted by atomic mass is 16.5. The van der Waals surface area contributed by atoms with Crippen LogP contribution in [0.3, 0.4) is 0 Å². The zero-order valence-electron chi connectivity index (χ0n) is 14.0. The van der Waals surface area contributed by atoms with Crippen molar-refractivity contribution < 1.29 is 15.2 Å². The van der Waals surface area contributed by atoms with Crippen molar-refractivity contribution >= 4 is 11.4 Å². The maximum Gasteiger partial charge on any atom is 0.153 e. The molecule has 0 aromatic heterocycles. The van der Waals surface area contributed by atoms with Gasteiger partial charge in [0.25, 0.3) is 0 Å². The first-order valence-corrected chi connectivity index (χ1v) is 7.74. The SMILES string of the molecule is CC(C)N(O)c1ccccc1Oc1ccccc1N(O)C(C)C. The summed E-state index contributed by atoms with van der Waals surface area (Å²) in [4.78, 5) is 0. The molecule has 0 saturated carbocycles. The zero-order valence-corrected chi connectivity index (χ0v) is 14.0. The molecule has 0 spiro atoms. The summed E-state index contributed by atoms with van der Waals surface area (Å²) >= 11 is 0. The maximum absolute atomic E-state index is 10.2. The smallest absolute Gasteiger partial charge is 0.153 e. The standard InChI is InChI=1S/C18H24N2O3/c1-13(2)19(21)15-9-5-7-11-17(15)23-18-12-8-6-10-16(18)20(22)14(3)4/h5-14,21-22H,1-4H3. The summed E-state index contributed by atoms with van der Waals surface area (Å²) in [6.07, 6.45) is 0. The minimum absolute atomic E-state index is 0.0833. The first-order chi connectivity index (χ1) is 10.9. The Balaban J connectivity index is 2.38. The van der Waals surface area contributed by atoms with Gasteiger partial charge in [-0.2, -0.15) is 0 Å². The van der Waals surface area contributed by atoms with Gasteiger partial charge < -0.3 is 4.74 Å². The van der Waals surface area contributed by atoms with E-state index in [-0.39, 0.29) is 12.1 Å². The molecule has 0 saturated heterocycles. The topological polar surface area (TPSA) is 56.2 Å². The highest BCUT2D eigenvalue weighted by Gasteiger charge is 2.17. The highest BCUT2D eigenvalue weighted by molar-refractivity contribution is 5.62. The van der Waals surface area contributed by atoms with Gasteiger partial charge in [-0.1, -0.05) is 24.3 Å². The van der Waals surface area contributed by atoms with E-state index in [0.29, 0.717) is 22.9 Å². The molecule has 0 bridgehead atoms. The highest BCUT2D eigenvalue weighted by Crippen LogP contribution is 2.37. The maximum atomic E-state index is 10.2. The average molecular weight is 316 g/mol. The molecule has 2 N–H and O–H groups in total. The second-order valence-corrected chi connectivity index (χ2v) is 5.91. The summed E-state index contributed by atoms with van der Waals surface area (Å²) in [7, 11) is 0. The fourth-order valence-corrected chi connectivity index (χ4v) is 2.14. The average Bonchev–Trinajstić information content (AvgIpc) is 2.54. The molecule has 0 amide bonds. The van der Waals surface area contributed by atoms with Gasteiger partial charge in [0.05, 0.1) is 12.1 Å². The Hall–Kier alpha value is -2.24. The zero-order chi connectivity index (χ0) is 17.0. The molecule has 2 aromatic carbocycles. The van der Waals surface area contributed by atoms with Gasteiger partial charge in [-0.15, -0.1) is 0 Å². The summed E-state index contributed by atoms with van der Waals surface area (Å²) in [5.74, 6) is 1.04. The van der Waals surface area contributed by atoms with Gasteiger partial charge in [0.2, 0.25) is 0 Å². The second-order valence-electron chi connectivity index (χ2n) is 5.91. The molecule has 124 valence electrons. The van der Waals surface area contributed by atoms with Crippen molar-refractivity contribution in [2.24, 2.45) is 0 Å². The van der Waals surface area contributed by atoms with Crippen LogP contribution < -0.4 is 14.9 Å². The summed E-state index contributed by atoms with van der Waals surface area (Å²) in [6, 6.07) is 14.3. The van der Waals surface area contributed by atoms with E-state index in [4.69, 9.17) is 4.74 Å². The number of para-hydroxylation sites is 4. The van der Waals surface area contributed by atoms with Gasteiger partial charge in [-0.3, -0.25) is 20.5 Å². The number of benzene rings is 2. The van der Waals surface area contributed by atoms with E-state index in [1.807, 2.05) is 52.0 Å². The molecule has 0 unspecified atom stereocenters. The molecule has 0 aliphatic rings. The quantitative estimate of drug-likeness (QED) is 0.757. The number of rotatable bonds is 6. The molecule has 0 heterocycles. The molecule has 0 aliphatic carbocycles. The number of anilines is 2. The summed E-state index contributed by atoms with van der Waals surface area (Å²) in [6.45, 7) is 7.55. The van der Waals surface area contributed by atoms with Crippen LogP contribution >= 0.6 is 0 Å². The summed E-state index contributed by atoms with van der Waals surface area (Å²) in [5, 5.41) is 22.8. The molecule has 23 heavy (non-hydrogen) atoms. The Morgan fingerprint density at radius 3 is 1.39 bits per heavy atom. The van der Waals surface area contributed by atoms with E-state index in [0.717, 1.165) is 10.1 Å². The molecule has 2 rings (SSSR count). The minimum Gasteiger partial charge on any atom is -0.453 e. The number of hydroxylamine groups is 2. The van der Waals surface area contributed by atoms with Crippen LogP contribution in [0.2, 0.25) is 0 Å². The lowest BCUT2D eigenvalue weighted by atomic mass is 10.2. The fraction of sp³-hybridized carbons (Fsp3) is 0.333. The second kappa shape index (κ2) is 7.35. The van der Waals surface area contributed by atoms with Crippen LogP contribution in [0, 0.1) is 0 Å². The third-order valence-corrected chi connectivity index (χ3v) is 3.42. The molecule has 5 nitrogen and oxygen atoms in total. The van der Waals surface area contributed by atoms with Gasteiger partial charge in [0.1, 0.15) is 11.4 Å².